The highest BCUT2D eigenvalue weighted by Gasteiger charge is 2.22. The lowest BCUT2D eigenvalue weighted by molar-refractivity contribution is -0.154. The summed E-state index contributed by atoms with van der Waals surface area (Å²) in [7, 11) is 0. The molecule has 0 aliphatic carbocycles. The van der Waals surface area contributed by atoms with Crippen molar-refractivity contribution in [2.75, 3.05) is 0 Å². The number of carbonyl (C=O) groups is 4. The number of urea groups is 1. The molecule has 7 nitrogen and oxygen atoms in total. The van der Waals surface area contributed by atoms with Crippen LogP contribution in [0.1, 0.15) is 50.9 Å². The van der Waals surface area contributed by atoms with E-state index in [2.05, 4.69) is 10.6 Å². The van der Waals surface area contributed by atoms with Gasteiger partial charge in [0.15, 0.2) is 11.9 Å². The Balaban J connectivity index is 1.80. The van der Waals surface area contributed by atoms with E-state index in [0.717, 1.165) is 11.1 Å². The van der Waals surface area contributed by atoms with Crippen molar-refractivity contribution in [3.8, 4) is 11.1 Å². The van der Waals surface area contributed by atoms with Crippen molar-refractivity contribution in [2.24, 2.45) is 0 Å². The van der Waals surface area contributed by atoms with Crippen LogP contribution in [-0.2, 0) is 14.3 Å². The Hall–Kier alpha value is -3.48. The lowest BCUT2D eigenvalue weighted by Gasteiger charge is -2.21. The molecule has 7 heteroatoms. The van der Waals surface area contributed by atoms with E-state index in [9.17, 15) is 19.2 Å². The highest BCUT2D eigenvalue weighted by molar-refractivity contribution is 5.99. The average molecular weight is 424 g/mol. The van der Waals surface area contributed by atoms with Crippen molar-refractivity contribution in [2.45, 2.75) is 52.2 Å². The van der Waals surface area contributed by atoms with Gasteiger partial charge in [0, 0.05) is 17.5 Å². The molecule has 1 atom stereocenters. The molecule has 0 bridgehead atoms. The molecule has 0 spiro atoms. The summed E-state index contributed by atoms with van der Waals surface area (Å²) in [6, 6.07) is 16.3. The van der Waals surface area contributed by atoms with Crippen LogP contribution >= 0.6 is 0 Å². The molecule has 164 valence electrons. The maximum Gasteiger partial charge on any atom is 0.321 e. The first-order valence-electron chi connectivity index (χ1n) is 10.1. The maximum atomic E-state index is 12.4. The first kappa shape index (κ1) is 23.8. The zero-order valence-corrected chi connectivity index (χ0v) is 18.2. The summed E-state index contributed by atoms with van der Waals surface area (Å²) >= 11 is 0. The molecule has 0 radical (unpaired) electrons. The topological polar surface area (TPSA) is 102 Å². The summed E-state index contributed by atoms with van der Waals surface area (Å²) in [4.78, 5) is 48.0. The second kappa shape index (κ2) is 10.5. The number of carbonyl (C=O) groups excluding carboxylic acids is 4. The summed E-state index contributed by atoms with van der Waals surface area (Å²) in [5.74, 6) is -1.62. The SMILES string of the molecule is C[C@H](OC(=O)CCC(=O)c1ccc(-c2ccccc2)cc1)C(=O)NC(=O)NC(C)(C)C. The molecule has 0 aliphatic rings. The van der Waals surface area contributed by atoms with Crippen LogP contribution in [0.15, 0.2) is 54.6 Å². The summed E-state index contributed by atoms with van der Waals surface area (Å²) in [6.07, 6.45) is -1.36. The third-order valence-electron chi connectivity index (χ3n) is 4.27. The number of imide groups is 1. The number of esters is 1. The van der Waals surface area contributed by atoms with Gasteiger partial charge in [-0.15, -0.1) is 0 Å². The number of Topliss-reactive ketones (excluding diaryl/α,β-unsaturated/α-hetero) is 1. The van der Waals surface area contributed by atoms with Gasteiger partial charge in [-0.1, -0.05) is 54.6 Å². The Labute approximate surface area is 182 Å². The standard InChI is InChI=1S/C24H28N2O5/c1-16(22(29)25-23(30)26-24(2,3)4)31-21(28)15-14-20(27)19-12-10-18(11-13-19)17-8-6-5-7-9-17/h5-13,16H,14-15H2,1-4H3,(H2,25,26,29,30)/t16-/m0/s1. The minimum Gasteiger partial charge on any atom is -0.453 e. The molecule has 0 heterocycles. The molecule has 2 rings (SSSR count). The number of ketones is 1. The van der Waals surface area contributed by atoms with Crippen LogP contribution < -0.4 is 10.6 Å². The average Bonchev–Trinajstić information content (AvgIpc) is 2.71. The predicted molar refractivity (Wildman–Crippen MR) is 117 cm³/mol. The second-order valence-electron chi connectivity index (χ2n) is 8.19. The minimum atomic E-state index is -1.15. The van der Waals surface area contributed by atoms with Crippen molar-refractivity contribution in [1.29, 1.82) is 0 Å². The number of hydrogen-bond acceptors (Lipinski definition) is 5. The quantitative estimate of drug-likeness (QED) is 0.519. The molecule has 0 aromatic heterocycles. The Bertz CT molecular complexity index is 931. The van der Waals surface area contributed by atoms with Crippen molar-refractivity contribution in [3.05, 3.63) is 60.2 Å². The Morgan fingerprint density at radius 3 is 2.03 bits per heavy atom. The molecule has 2 aromatic carbocycles. The van der Waals surface area contributed by atoms with Gasteiger partial charge in [0.1, 0.15) is 0 Å². The Morgan fingerprint density at radius 2 is 1.45 bits per heavy atom. The fraction of sp³-hybridized carbons (Fsp3) is 0.333. The summed E-state index contributed by atoms with van der Waals surface area (Å²) in [5.41, 5.74) is 2.03. The third-order valence-corrected chi connectivity index (χ3v) is 4.27. The molecule has 3 amide bonds. The van der Waals surface area contributed by atoms with Gasteiger partial charge in [0.05, 0.1) is 6.42 Å². The molecule has 0 saturated heterocycles. The van der Waals surface area contributed by atoms with Crippen LogP contribution in [0.25, 0.3) is 11.1 Å². The zero-order chi connectivity index (χ0) is 23.0. The predicted octanol–water partition coefficient (Wildman–Crippen LogP) is 3.87. The third kappa shape index (κ3) is 8.04. The van der Waals surface area contributed by atoms with Gasteiger partial charge in [-0.3, -0.25) is 19.7 Å². The zero-order valence-electron chi connectivity index (χ0n) is 18.2. The van der Waals surface area contributed by atoms with Gasteiger partial charge in [-0.2, -0.15) is 0 Å². The van der Waals surface area contributed by atoms with E-state index >= 15 is 0 Å². The summed E-state index contributed by atoms with van der Waals surface area (Å²) in [5, 5.41) is 4.69. The normalized spacial score (nSPS) is 11.9. The molecule has 0 saturated carbocycles. The molecule has 0 aliphatic heterocycles. The fourth-order valence-corrected chi connectivity index (χ4v) is 2.73. The van der Waals surface area contributed by atoms with E-state index in [4.69, 9.17) is 4.74 Å². The van der Waals surface area contributed by atoms with Gasteiger partial charge < -0.3 is 10.1 Å². The van der Waals surface area contributed by atoms with Crippen molar-refractivity contribution in [3.63, 3.8) is 0 Å². The van der Waals surface area contributed by atoms with E-state index in [-0.39, 0.29) is 18.6 Å². The maximum absolute atomic E-state index is 12.4. The smallest absolute Gasteiger partial charge is 0.321 e. The molecule has 2 aromatic rings. The monoisotopic (exact) mass is 424 g/mol. The molecular formula is C24H28N2O5. The number of nitrogens with one attached hydrogen (secondary N) is 2. The highest BCUT2D eigenvalue weighted by atomic mass is 16.5. The summed E-state index contributed by atoms with van der Waals surface area (Å²) < 4.78 is 5.02. The van der Waals surface area contributed by atoms with Gasteiger partial charge in [0.25, 0.3) is 5.91 Å². The number of hydrogen-bond donors (Lipinski definition) is 2. The lowest BCUT2D eigenvalue weighted by atomic mass is 10.0. The van der Waals surface area contributed by atoms with Gasteiger partial charge in [-0.05, 0) is 38.8 Å². The largest absolute Gasteiger partial charge is 0.453 e. The molecular weight excluding hydrogens is 396 g/mol. The Morgan fingerprint density at radius 1 is 0.871 bits per heavy atom. The van der Waals surface area contributed by atoms with Gasteiger partial charge in [0.2, 0.25) is 0 Å². The first-order valence-corrected chi connectivity index (χ1v) is 10.1. The molecule has 0 unspecified atom stereocenters. The van der Waals surface area contributed by atoms with Gasteiger partial charge in [-0.25, -0.2) is 4.79 Å². The van der Waals surface area contributed by atoms with Crippen molar-refractivity contribution >= 4 is 23.7 Å². The number of benzene rings is 2. The summed E-state index contributed by atoms with van der Waals surface area (Å²) in [6.45, 7) is 6.67. The van der Waals surface area contributed by atoms with Gasteiger partial charge >= 0.3 is 12.0 Å². The molecule has 31 heavy (non-hydrogen) atoms. The molecule has 0 fully saturated rings. The number of amides is 3. The Kier molecular flexibility index (Phi) is 8.07. The lowest BCUT2D eigenvalue weighted by Crippen LogP contribution is -2.50. The van der Waals surface area contributed by atoms with E-state index in [1.54, 1.807) is 32.9 Å². The fourth-order valence-electron chi connectivity index (χ4n) is 2.73. The number of rotatable bonds is 7. The van der Waals surface area contributed by atoms with Crippen molar-refractivity contribution < 1.29 is 23.9 Å². The van der Waals surface area contributed by atoms with E-state index < -0.39 is 29.6 Å². The van der Waals surface area contributed by atoms with E-state index in [1.807, 2.05) is 42.5 Å². The van der Waals surface area contributed by atoms with Crippen LogP contribution in [0.5, 0.6) is 0 Å². The highest BCUT2D eigenvalue weighted by Crippen LogP contribution is 2.20. The van der Waals surface area contributed by atoms with E-state index in [1.165, 1.54) is 6.92 Å². The van der Waals surface area contributed by atoms with Crippen LogP contribution in [0.2, 0.25) is 0 Å². The van der Waals surface area contributed by atoms with Crippen LogP contribution in [0.3, 0.4) is 0 Å². The van der Waals surface area contributed by atoms with Crippen LogP contribution in [0, 0.1) is 0 Å². The first-order chi connectivity index (χ1) is 14.5. The minimum absolute atomic E-state index is 0.0393. The van der Waals surface area contributed by atoms with Crippen LogP contribution in [-0.4, -0.2) is 35.3 Å². The second-order valence-corrected chi connectivity index (χ2v) is 8.19. The van der Waals surface area contributed by atoms with Crippen LogP contribution in [0.4, 0.5) is 4.79 Å². The number of ether oxygens (including phenoxy) is 1. The molecule has 2 N–H and O–H groups in total. The van der Waals surface area contributed by atoms with Crippen molar-refractivity contribution in [1.82, 2.24) is 10.6 Å². The van der Waals surface area contributed by atoms with E-state index in [0.29, 0.717) is 5.56 Å².